The van der Waals surface area contributed by atoms with Crippen LogP contribution in [0, 0.1) is 11.8 Å². The van der Waals surface area contributed by atoms with E-state index in [2.05, 4.69) is 199 Å². The van der Waals surface area contributed by atoms with E-state index in [0.29, 0.717) is 17.9 Å². The summed E-state index contributed by atoms with van der Waals surface area (Å²) in [5.41, 5.74) is 15.5. The van der Waals surface area contributed by atoms with Crippen molar-refractivity contribution in [3.05, 3.63) is 215 Å². The number of hydrogen-bond acceptors (Lipinski definition) is 3. The number of fused-ring (bicyclic) bond motifs is 5. The fourth-order valence-electron chi connectivity index (χ4n) is 9.68. The standard InChI is InChI=1S/C54H50N4/c1-37-14-12-20-45(32-37)58-50-31-27-42(33-48(50)53-38(2)15-13-23-51(53)58)43-26-30-47-46-21-10-11-22-49(46)57(52(47)34-43)44-28-24-41(25-29-44)54(55-35-39-16-6-4-7-17-39)56(3)36-40-18-8-5-9-19-40/h4-13,16-30,32-35,37-38,50,54H,14-15,31,36H2,1-3H3/b55-35+. The van der Waals surface area contributed by atoms with Crippen molar-refractivity contribution in [2.75, 3.05) is 7.05 Å². The van der Waals surface area contributed by atoms with Crippen LogP contribution in [0.2, 0.25) is 0 Å². The Kier molecular flexibility index (Phi) is 9.51. The Morgan fingerprint density at radius 3 is 2.31 bits per heavy atom. The van der Waals surface area contributed by atoms with Crippen molar-refractivity contribution < 1.29 is 0 Å². The molecule has 4 aliphatic rings. The highest BCUT2D eigenvalue weighted by Crippen LogP contribution is 2.49. The number of aromatic nitrogens is 1. The van der Waals surface area contributed by atoms with E-state index < -0.39 is 0 Å². The van der Waals surface area contributed by atoms with E-state index in [-0.39, 0.29) is 6.17 Å². The Morgan fingerprint density at radius 2 is 1.50 bits per heavy atom. The normalized spacial score (nSPS) is 20.8. The van der Waals surface area contributed by atoms with Crippen LogP contribution in [-0.2, 0) is 6.54 Å². The Balaban J connectivity index is 1.02. The summed E-state index contributed by atoms with van der Waals surface area (Å²) < 4.78 is 2.45. The molecule has 0 radical (unpaired) electrons. The summed E-state index contributed by atoms with van der Waals surface area (Å²) in [6.45, 7) is 5.53. The molecule has 0 saturated carbocycles. The van der Waals surface area contributed by atoms with Crippen LogP contribution in [-0.4, -0.2) is 33.7 Å². The number of nitrogens with zero attached hydrogens (tertiary/aromatic N) is 4. The predicted molar refractivity (Wildman–Crippen MR) is 243 cm³/mol. The second-order valence-corrected chi connectivity index (χ2v) is 16.6. The first-order valence-corrected chi connectivity index (χ1v) is 21.0. The molecule has 4 unspecified atom stereocenters. The van der Waals surface area contributed by atoms with E-state index in [1.807, 2.05) is 12.3 Å². The van der Waals surface area contributed by atoms with E-state index in [1.165, 1.54) is 61.0 Å². The van der Waals surface area contributed by atoms with Gasteiger partial charge in [0, 0.05) is 40.6 Å². The van der Waals surface area contributed by atoms with Crippen molar-refractivity contribution in [2.45, 2.75) is 51.9 Å². The van der Waals surface area contributed by atoms with E-state index in [1.54, 1.807) is 0 Å². The van der Waals surface area contributed by atoms with Gasteiger partial charge in [0.2, 0.25) is 0 Å². The first-order chi connectivity index (χ1) is 28.5. The highest BCUT2D eigenvalue weighted by molar-refractivity contribution is 6.10. The van der Waals surface area contributed by atoms with Gasteiger partial charge in [0.15, 0.2) is 0 Å². The molecule has 0 spiro atoms. The van der Waals surface area contributed by atoms with E-state index in [0.717, 1.165) is 42.6 Å². The predicted octanol–water partition coefficient (Wildman–Crippen LogP) is 12.8. The number of allylic oxidation sites excluding steroid dienone is 7. The highest BCUT2D eigenvalue weighted by atomic mass is 15.2. The van der Waals surface area contributed by atoms with Crippen molar-refractivity contribution in [1.29, 1.82) is 0 Å². The van der Waals surface area contributed by atoms with Crippen LogP contribution in [0.1, 0.15) is 61.5 Å². The van der Waals surface area contributed by atoms with E-state index in [9.17, 15) is 0 Å². The van der Waals surface area contributed by atoms with Crippen LogP contribution < -0.4 is 0 Å². The smallest absolute Gasteiger partial charge is 0.128 e. The Hall–Kier alpha value is -6.23. The molecule has 5 aromatic carbocycles. The van der Waals surface area contributed by atoms with Crippen LogP contribution in [0.25, 0.3) is 33.1 Å². The minimum absolute atomic E-state index is 0.146. The molecule has 1 aromatic heterocycles. The van der Waals surface area contributed by atoms with Crippen LogP contribution in [0.4, 0.5) is 0 Å². The maximum absolute atomic E-state index is 5.17. The molecule has 58 heavy (non-hydrogen) atoms. The number of aliphatic imine (C=N–C) groups is 1. The van der Waals surface area contributed by atoms with Crippen molar-refractivity contribution in [3.63, 3.8) is 0 Å². The maximum atomic E-state index is 5.17. The number of hydrogen-bond donors (Lipinski definition) is 0. The average molecular weight is 755 g/mol. The zero-order chi connectivity index (χ0) is 39.2. The molecule has 1 aliphatic heterocycles. The van der Waals surface area contributed by atoms with Crippen molar-refractivity contribution in [1.82, 2.24) is 14.4 Å². The summed E-state index contributed by atoms with van der Waals surface area (Å²) >= 11 is 0. The second-order valence-electron chi connectivity index (χ2n) is 16.6. The topological polar surface area (TPSA) is 23.8 Å². The fourth-order valence-corrected chi connectivity index (χ4v) is 9.68. The molecule has 4 nitrogen and oxygen atoms in total. The Bertz CT molecular complexity index is 2720. The molecule has 0 bridgehead atoms. The third-order valence-corrected chi connectivity index (χ3v) is 12.5. The molecule has 0 fully saturated rings. The molecular formula is C54H50N4. The minimum atomic E-state index is -0.146. The van der Waals surface area contributed by atoms with Gasteiger partial charge in [-0.25, -0.2) is 0 Å². The lowest BCUT2D eigenvalue weighted by Gasteiger charge is -2.33. The van der Waals surface area contributed by atoms with Crippen LogP contribution in [0.3, 0.4) is 0 Å². The molecule has 286 valence electrons. The number of para-hydroxylation sites is 1. The van der Waals surface area contributed by atoms with Gasteiger partial charge in [-0.15, -0.1) is 0 Å². The molecule has 0 N–H and O–H groups in total. The van der Waals surface area contributed by atoms with Crippen LogP contribution in [0.15, 0.2) is 197 Å². The lowest BCUT2D eigenvalue weighted by molar-refractivity contribution is 0.244. The van der Waals surface area contributed by atoms with Crippen molar-refractivity contribution in [2.24, 2.45) is 16.8 Å². The Morgan fingerprint density at radius 1 is 0.759 bits per heavy atom. The Labute approximate surface area is 342 Å². The molecule has 4 heteroatoms. The molecule has 0 saturated heterocycles. The van der Waals surface area contributed by atoms with Gasteiger partial charge in [-0.2, -0.15) is 0 Å². The van der Waals surface area contributed by atoms with E-state index in [4.69, 9.17) is 4.99 Å². The number of benzene rings is 5. The van der Waals surface area contributed by atoms with Gasteiger partial charge < -0.3 is 9.47 Å². The van der Waals surface area contributed by atoms with Crippen LogP contribution >= 0.6 is 0 Å². The first-order valence-electron chi connectivity index (χ1n) is 21.0. The lowest BCUT2D eigenvalue weighted by Crippen LogP contribution is -2.31. The van der Waals surface area contributed by atoms with Crippen molar-refractivity contribution in [3.8, 4) is 5.69 Å². The van der Waals surface area contributed by atoms with Gasteiger partial charge in [0.1, 0.15) is 6.17 Å². The summed E-state index contributed by atoms with van der Waals surface area (Å²) in [6, 6.07) is 46.4. The molecular weight excluding hydrogens is 705 g/mol. The van der Waals surface area contributed by atoms with Gasteiger partial charge in [0.25, 0.3) is 0 Å². The summed E-state index contributed by atoms with van der Waals surface area (Å²) in [5, 5.41) is 2.54. The summed E-state index contributed by atoms with van der Waals surface area (Å²) in [5.74, 6) is 1.06. The fraction of sp³-hybridized carbons (Fsp3) is 0.204. The first kappa shape index (κ1) is 36.1. The zero-order valence-corrected chi connectivity index (χ0v) is 33.7. The summed E-state index contributed by atoms with van der Waals surface area (Å²) in [4.78, 5) is 10.1. The molecule has 6 aromatic rings. The van der Waals surface area contributed by atoms with Gasteiger partial charge in [-0.3, -0.25) is 9.89 Å². The summed E-state index contributed by atoms with van der Waals surface area (Å²) in [6.07, 6.45) is 22.0. The van der Waals surface area contributed by atoms with Crippen molar-refractivity contribution >= 4 is 33.6 Å². The third-order valence-electron chi connectivity index (χ3n) is 12.5. The quantitative estimate of drug-likeness (QED) is 0.137. The monoisotopic (exact) mass is 754 g/mol. The number of rotatable bonds is 9. The molecule has 10 rings (SSSR count). The van der Waals surface area contributed by atoms with E-state index >= 15 is 0 Å². The minimum Gasteiger partial charge on any atom is -0.334 e. The molecule has 4 atom stereocenters. The SMILES string of the molecule is CC1C=C(N2C3=C(C4=CC(c5ccc6c7ccccc7n(-c7ccc(C(/N=C/c8ccccc8)N(C)Cc8ccccc8)cc7)c6c5)=CCC42)C(C)CC=C3)C=CC1. The molecule has 0 amide bonds. The zero-order valence-electron chi connectivity index (χ0n) is 33.7. The molecule has 2 heterocycles. The third kappa shape index (κ3) is 6.62. The summed E-state index contributed by atoms with van der Waals surface area (Å²) in [7, 11) is 2.16. The molecule has 3 aliphatic carbocycles. The van der Waals surface area contributed by atoms with Gasteiger partial charge in [-0.1, -0.05) is 141 Å². The van der Waals surface area contributed by atoms with Crippen LogP contribution in [0.5, 0.6) is 0 Å². The van der Waals surface area contributed by atoms with Gasteiger partial charge in [0.05, 0.1) is 17.1 Å². The maximum Gasteiger partial charge on any atom is 0.128 e. The second kappa shape index (κ2) is 15.3. The average Bonchev–Trinajstić information content (AvgIpc) is 3.77. The van der Waals surface area contributed by atoms with Gasteiger partial charge in [-0.05, 0) is 120 Å². The largest absolute Gasteiger partial charge is 0.334 e. The lowest BCUT2D eigenvalue weighted by atomic mass is 9.82. The highest BCUT2D eigenvalue weighted by Gasteiger charge is 2.40. The van der Waals surface area contributed by atoms with Gasteiger partial charge >= 0.3 is 0 Å².